The highest BCUT2D eigenvalue weighted by molar-refractivity contribution is 4.98. The van der Waals surface area contributed by atoms with Crippen LogP contribution in [0.2, 0.25) is 0 Å². The van der Waals surface area contributed by atoms with Gasteiger partial charge in [-0.2, -0.15) is 0 Å². The monoisotopic (exact) mass is 151 g/mol. The molecule has 1 aliphatic rings. The molecule has 3 nitrogen and oxygen atoms in total. The van der Waals surface area contributed by atoms with Gasteiger partial charge in [-0.3, -0.25) is 0 Å². The molecule has 0 aromatic carbocycles. The lowest BCUT2D eigenvalue weighted by Crippen LogP contribution is -2.16. The first-order valence-electron chi connectivity index (χ1n) is 4.08. The number of H-pyrrole nitrogens is 1. The minimum absolute atomic E-state index is 0.764. The molecule has 1 aliphatic carbocycles. The van der Waals surface area contributed by atoms with Crippen molar-refractivity contribution in [2.24, 2.45) is 0 Å². The first-order valence-corrected chi connectivity index (χ1v) is 4.08. The Morgan fingerprint density at radius 1 is 1.73 bits per heavy atom. The van der Waals surface area contributed by atoms with Crippen molar-refractivity contribution in [1.82, 2.24) is 15.3 Å². The molecule has 0 unspecified atom stereocenters. The van der Waals surface area contributed by atoms with E-state index in [4.69, 9.17) is 0 Å². The Balaban J connectivity index is 1.85. The summed E-state index contributed by atoms with van der Waals surface area (Å²) in [6.07, 6.45) is 4.53. The molecule has 11 heavy (non-hydrogen) atoms. The Labute approximate surface area is 66.2 Å². The van der Waals surface area contributed by atoms with E-state index in [-0.39, 0.29) is 0 Å². The molecule has 1 aromatic rings. The predicted molar refractivity (Wildman–Crippen MR) is 43.2 cm³/mol. The second-order valence-electron chi connectivity index (χ2n) is 3.17. The molecule has 2 rings (SSSR count). The van der Waals surface area contributed by atoms with Crippen molar-refractivity contribution in [3.05, 3.63) is 17.7 Å². The third-order valence-electron chi connectivity index (χ3n) is 1.89. The van der Waals surface area contributed by atoms with Gasteiger partial charge in [-0.25, -0.2) is 4.98 Å². The van der Waals surface area contributed by atoms with Crippen molar-refractivity contribution in [3.8, 4) is 0 Å². The number of rotatable bonds is 3. The molecule has 1 heterocycles. The molecule has 0 atom stereocenters. The summed E-state index contributed by atoms with van der Waals surface area (Å²) in [5.74, 6) is 1.05. The first-order chi connectivity index (χ1) is 5.34. The van der Waals surface area contributed by atoms with Gasteiger partial charge in [0.15, 0.2) is 0 Å². The van der Waals surface area contributed by atoms with Crippen LogP contribution in [0.15, 0.2) is 6.20 Å². The third kappa shape index (κ3) is 1.80. The lowest BCUT2D eigenvalue weighted by Gasteiger charge is -1.96. The fraction of sp³-hybridized carbons (Fsp3) is 0.625. The predicted octanol–water partition coefficient (Wildman–Crippen LogP) is 0.970. The summed E-state index contributed by atoms with van der Waals surface area (Å²) in [5, 5.41) is 3.39. The average molecular weight is 151 g/mol. The van der Waals surface area contributed by atoms with Crippen molar-refractivity contribution < 1.29 is 0 Å². The summed E-state index contributed by atoms with van der Waals surface area (Å²) >= 11 is 0. The van der Waals surface area contributed by atoms with Gasteiger partial charge in [0, 0.05) is 17.9 Å². The molecule has 1 fully saturated rings. The summed E-state index contributed by atoms with van der Waals surface area (Å²) in [5.41, 5.74) is 1.14. The largest absolute Gasteiger partial charge is 0.345 e. The molecule has 1 saturated carbocycles. The Bertz CT molecular complexity index is 237. The van der Waals surface area contributed by atoms with E-state index in [0.29, 0.717) is 0 Å². The molecule has 60 valence electrons. The maximum absolute atomic E-state index is 4.20. The van der Waals surface area contributed by atoms with Crippen molar-refractivity contribution in [1.29, 1.82) is 0 Å². The zero-order chi connectivity index (χ0) is 7.68. The molecule has 2 N–H and O–H groups in total. The molecule has 0 spiro atoms. The van der Waals surface area contributed by atoms with Gasteiger partial charge in [0.1, 0.15) is 5.82 Å². The van der Waals surface area contributed by atoms with Gasteiger partial charge in [-0.05, 0) is 19.8 Å². The topological polar surface area (TPSA) is 40.7 Å². The summed E-state index contributed by atoms with van der Waals surface area (Å²) in [6, 6.07) is 0.764. The van der Waals surface area contributed by atoms with Crippen LogP contribution in [-0.2, 0) is 6.54 Å². The Morgan fingerprint density at radius 3 is 3.09 bits per heavy atom. The van der Waals surface area contributed by atoms with Crippen molar-refractivity contribution >= 4 is 0 Å². The highest BCUT2D eigenvalue weighted by Gasteiger charge is 2.20. The van der Waals surface area contributed by atoms with E-state index in [9.17, 15) is 0 Å². The Hall–Kier alpha value is -0.830. The van der Waals surface area contributed by atoms with Crippen LogP contribution in [0.5, 0.6) is 0 Å². The van der Waals surface area contributed by atoms with E-state index in [1.807, 2.05) is 13.1 Å². The Morgan fingerprint density at radius 2 is 2.55 bits per heavy atom. The lowest BCUT2D eigenvalue weighted by atomic mass is 10.5. The van der Waals surface area contributed by atoms with E-state index < -0.39 is 0 Å². The SMILES string of the molecule is Cc1cnc(CNC2CC2)[nH]1. The van der Waals surface area contributed by atoms with Crippen molar-refractivity contribution in [2.45, 2.75) is 32.4 Å². The number of hydrogen-bond acceptors (Lipinski definition) is 2. The zero-order valence-corrected chi connectivity index (χ0v) is 6.72. The summed E-state index contributed by atoms with van der Waals surface area (Å²) < 4.78 is 0. The van der Waals surface area contributed by atoms with Crippen LogP contribution in [0.4, 0.5) is 0 Å². The maximum atomic E-state index is 4.20. The lowest BCUT2D eigenvalue weighted by molar-refractivity contribution is 0.663. The van der Waals surface area contributed by atoms with Crippen LogP contribution >= 0.6 is 0 Å². The summed E-state index contributed by atoms with van der Waals surface area (Å²) in [6.45, 7) is 2.91. The van der Waals surface area contributed by atoms with Gasteiger partial charge >= 0.3 is 0 Å². The highest BCUT2D eigenvalue weighted by Crippen LogP contribution is 2.18. The Kier molecular flexibility index (Phi) is 1.66. The minimum atomic E-state index is 0.764. The van der Waals surface area contributed by atoms with E-state index >= 15 is 0 Å². The average Bonchev–Trinajstić information content (AvgIpc) is 2.72. The number of nitrogens with zero attached hydrogens (tertiary/aromatic N) is 1. The second-order valence-corrected chi connectivity index (χ2v) is 3.17. The number of aryl methyl sites for hydroxylation is 1. The van der Waals surface area contributed by atoms with E-state index in [0.717, 1.165) is 24.1 Å². The van der Waals surface area contributed by atoms with Gasteiger partial charge in [0.2, 0.25) is 0 Å². The molecular formula is C8H13N3. The first kappa shape index (κ1) is 6.85. The normalized spacial score (nSPS) is 17.2. The molecule has 1 aromatic heterocycles. The zero-order valence-electron chi connectivity index (χ0n) is 6.72. The van der Waals surface area contributed by atoms with Crippen LogP contribution in [0, 0.1) is 6.92 Å². The van der Waals surface area contributed by atoms with Crippen molar-refractivity contribution in [2.75, 3.05) is 0 Å². The molecule has 0 saturated heterocycles. The maximum Gasteiger partial charge on any atom is 0.120 e. The molecule has 0 bridgehead atoms. The van der Waals surface area contributed by atoms with Crippen molar-refractivity contribution in [3.63, 3.8) is 0 Å². The van der Waals surface area contributed by atoms with Crippen LogP contribution < -0.4 is 5.32 Å². The van der Waals surface area contributed by atoms with Crippen LogP contribution in [-0.4, -0.2) is 16.0 Å². The molecule has 3 heteroatoms. The number of hydrogen-bond donors (Lipinski definition) is 2. The van der Waals surface area contributed by atoms with Gasteiger partial charge in [-0.15, -0.1) is 0 Å². The standard InChI is InChI=1S/C8H13N3/c1-6-4-10-8(11-6)5-9-7-2-3-7/h4,7,9H,2-3,5H2,1H3,(H,10,11). The fourth-order valence-corrected chi connectivity index (χ4v) is 1.09. The smallest absolute Gasteiger partial charge is 0.120 e. The van der Waals surface area contributed by atoms with Gasteiger partial charge in [-0.1, -0.05) is 0 Å². The third-order valence-corrected chi connectivity index (χ3v) is 1.89. The second kappa shape index (κ2) is 2.66. The van der Waals surface area contributed by atoms with Gasteiger partial charge < -0.3 is 10.3 Å². The number of aromatic amines is 1. The molecule has 0 aliphatic heterocycles. The fourth-order valence-electron chi connectivity index (χ4n) is 1.09. The van der Waals surface area contributed by atoms with E-state index in [1.54, 1.807) is 0 Å². The van der Waals surface area contributed by atoms with E-state index in [1.165, 1.54) is 12.8 Å². The molecular weight excluding hydrogens is 138 g/mol. The summed E-state index contributed by atoms with van der Waals surface area (Å²) in [7, 11) is 0. The van der Waals surface area contributed by atoms with Crippen LogP contribution in [0.25, 0.3) is 0 Å². The number of nitrogens with one attached hydrogen (secondary N) is 2. The molecule has 0 radical (unpaired) electrons. The quantitative estimate of drug-likeness (QED) is 0.675. The minimum Gasteiger partial charge on any atom is -0.345 e. The number of imidazole rings is 1. The van der Waals surface area contributed by atoms with E-state index in [2.05, 4.69) is 15.3 Å². The van der Waals surface area contributed by atoms with Crippen LogP contribution in [0.1, 0.15) is 24.4 Å². The van der Waals surface area contributed by atoms with Crippen LogP contribution in [0.3, 0.4) is 0 Å². The number of aromatic nitrogens is 2. The summed E-state index contributed by atoms with van der Waals surface area (Å²) in [4.78, 5) is 7.38. The van der Waals surface area contributed by atoms with Gasteiger partial charge in [0.05, 0.1) is 6.54 Å². The van der Waals surface area contributed by atoms with Gasteiger partial charge in [0.25, 0.3) is 0 Å². The molecule has 0 amide bonds. The highest BCUT2D eigenvalue weighted by atomic mass is 15.0.